The van der Waals surface area contributed by atoms with Gasteiger partial charge in [0.2, 0.25) is 17.7 Å². The summed E-state index contributed by atoms with van der Waals surface area (Å²) in [6.45, 7) is 1.98. The third-order valence-electron chi connectivity index (χ3n) is 3.63. The summed E-state index contributed by atoms with van der Waals surface area (Å²) >= 11 is 3.34. The van der Waals surface area contributed by atoms with Gasteiger partial charge >= 0.3 is 0 Å². The van der Waals surface area contributed by atoms with Crippen molar-refractivity contribution in [2.24, 2.45) is 0 Å². The van der Waals surface area contributed by atoms with Gasteiger partial charge in [-0.2, -0.15) is 4.98 Å². The molecule has 7 nitrogen and oxygen atoms in total. The fraction of sp³-hybridized carbons (Fsp3) is 0.538. The predicted octanol–water partition coefficient (Wildman–Crippen LogP) is 2.08. The SMILES string of the molecule is Brc1cnc(N2CCO[C@H](c3noc(C4CC4)n3)C2)nc1. The summed E-state index contributed by atoms with van der Waals surface area (Å²) in [6.07, 6.45) is 5.58. The third kappa shape index (κ3) is 2.77. The van der Waals surface area contributed by atoms with Crippen LogP contribution in [0.2, 0.25) is 0 Å². The molecule has 0 amide bonds. The van der Waals surface area contributed by atoms with Crippen molar-refractivity contribution in [2.75, 3.05) is 24.6 Å². The van der Waals surface area contributed by atoms with Crippen molar-refractivity contribution in [3.8, 4) is 0 Å². The van der Waals surface area contributed by atoms with Crippen LogP contribution in [0.1, 0.15) is 36.6 Å². The Hall–Kier alpha value is -1.54. The number of ether oxygens (including phenoxy) is 1. The highest BCUT2D eigenvalue weighted by Gasteiger charge is 2.32. The minimum Gasteiger partial charge on any atom is -0.366 e. The Balaban J connectivity index is 1.50. The van der Waals surface area contributed by atoms with Crippen LogP contribution in [-0.4, -0.2) is 39.8 Å². The van der Waals surface area contributed by atoms with Crippen LogP contribution in [0.4, 0.5) is 5.95 Å². The lowest BCUT2D eigenvalue weighted by molar-refractivity contribution is 0.0321. The molecule has 1 atom stereocenters. The van der Waals surface area contributed by atoms with E-state index >= 15 is 0 Å². The fourth-order valence-corrected chi connectivity index (χ4v) is 2.53. The molecule has 0 aromatic carbocycles. The molecule has 0 radical (unpaired) electrons. The molecule has 3 heterocycles. The lowest BCUT2D eigenvalue weighted by Gasteiger charge is -2.31. The zero-order valence-corrected chi connectivity index (χ0v) is 12.9. The number of hydrogen-bond donors (Lipinski definition) is 0. The van der Waals surface area contributed by atoms with E-state index in [4.69, 9.17) is 9.26 Å². The summed E-state index contributed by atoms with van der Waals surface area (Å²) in [5.74, 6) is 2.52. The summed E-state index contributed by atoms with van der Waals surface area (Å²) in [5.41, 5.74) is 0. The number of anilines is 1. The minimum absolute atomic E-state index is 0.192. The molecule has 2 aliphatic rings. The van der Waals surface area contributed by atoms with E-state index in [-0.39, 0.29) is 6.10 Å². The monoisotopic (exact) mass is 351 g/mol. The van der Waals surface area contributed by atoms with Crippen LogP contribution in [-0.2, 0) is 4.74 Å². The second kappa shape index (κ2) is 5.34. The molecule has 1 saturated heterocycles. The van der Waals surface area contributed by atoms with Crippen LogP contribution in [0.5, 0.6) is 0 Å². The van der Waals surface area contributed by atoms with Crippen molar-refractivity contribution in [2.45, 2.75) is 24.9 Å². The zero-order chi connectivity index (χ0) is 14.2. The third-order valence-corrected chi connectivity index (χ3v) is 4.04. The second-order valence-corrected chi connectivity index (χ2v) is 6.19. The number of morpholine rings is 1. The van der Waals surface area contributed by atoms with Gasteiger partial charge < -0.3 is 14.2 Å². The molecule has 21 heavy (non-hydrogen) atoms. The summed E-state index contributed by atoms with van der Waals surface area (Å²) in [4.78, 5) is 15.2. The number of aromatic nitrogens is 4. The van der Waals surface area contributed by atoms with E-state index in [9.17, 15) is 0 Å². The first kappa shape index (κ1) is 13.1. The van der Waals surface area contributed by atoms with Gasteiger partial charge in [0.15, 0.2) is 0 Å². The number of rotatable bonds is 3. The van der Waals surface area contributed by atoms with Gasteiger partial charge in [-0.25, -0.2) is 9.97 Å². The van der Waals surface area contributed by atoms with E-state index in [0.717, 1.165) is 29.7 Å². The van der Waals surface area contributed by atoms with Gasteiger partial charge in [0.25, 0.3) is 0 Å². The Morgan fingerprint density at radius 1 is 1.24 bits per heavy atom. The first-order valence-electron chi connectivity index (χ1n) is 6.97. The van der Waals surface area contributed by atoms with Crippen LogP contribution in [0.25, 0.3) is 0 Å². The van der Waals surface area contributed by atoms with Crippen molar-refractivity contribution < 1.29 is 9.26 Å². The van der Waals surface area contributed by atoms with Crippen molar-refractivity contribution in [1.29, 1.82) is 0 Å². The van der Waals surface area contributed by atoms with E-state index in [2.05, 4.69) is 40.9 Å². The normalized spacial score (nSPS) is 22.5. The molecule has 2 aromatic rings. The van der Waals surface area contributed by atoms with Crippen LogP contribution in [0, 0.1) is 0 Å². The average molecular weight is 352 g/mol. The molecule has 110 valence electrons. The molecular weight excluding hydrogens is 338 g/mol. The maximum absolute atomic E-state index is 5.76. The van der Waals surface area contributed by atoms with Crippen LogP contribution < -0.4 is 4.90 Å². The van der Waals surface area contributed by atoms with Gasteiger partial charge in [0.1, 0.15) is 6.10 Å². The van der Waals surface area contributed by atoms with Crippen molar-refractivity contribution in [3.05, 3.63) is 28.6 Å². The molecule has 0 unspecified atom stereocenters. The van der Waals surface area contributed by atoms with E-state index in [1.165, 1.54) is 0 Å². The summed E-state index contributed by atoms with van der Waals surface area (Å²) in [7, 11) is 0. The van der Waals surface area contributed by atoms with Gasteiger partial charge in [-0.15, -0.1) is 0 Å². The molecule has 0 bridgehead atoms. The Morgan fingerprint density at radius 2 is 2.05 bits per heavy atom. The maximum Gasteiger partial charge on any atom is 0.229 e. The smallest absolute Gasteiger partial charge is 0.229 e. The maximum atomic E-state index is 5.76. The molecule has 4 rings (SSSR count). The molecule has 2 fully saturated rings. The van der Waals surface area contributed by atoms with E-state index in [0.29, 0.717) is 30.8 Å². The van der Waals surface area contributed by atoms with Crippen molar-refractivity contribution in [3.63, 3.8) is 0 Å². The lowest BCUT2D eigenvalue weighted by Crippen LogP contribution is -2.39. The second-order valence-electron chi connectivity index (χ2n) is 5.27. The Labute approximate surface area is 129 Å². The first-order valence-corrected chi connectivity index (χ1v) is 7.76. The standard InChI is InChI=1S/C13H14BrN5O2/c14-9-5-15-13(16-6-9)19-3-4-20-10(7-19)11-17-12(21-18-11)8-1-2-8/h5-6,8,10H,1-4,7H2/t10-/m0/s1. The lowest BCUT2D eigenvalue weighted by atomic mass is 10.2. The van der Waals surface area contributed by atoms with Gasteiger partial charge in [0, 0.05) is 24.9 Å². The molecule has 0 spiro atoms. The van der Waals surface area contributed by atoms with E-state index < -0.39 is 0 Å². The van der Waals surface area contributed by atoms with Crippen LogP contribution >= 0.6 is 15.9 Å². The van der Waals surface area contributed by atoms with Crippen molar-refractivity contribution in [1.82, 2.24) is 20.1 Å². The largest absolute Gasteiger partial charge is 0.366 e. The van der Waals surface area contributed by atoms with Crippen LogP contribution in [0.3, 0.4) is 0 Å². The molecular formula is C13H14BrN5O2. The summed E-state index contributed by atoms with van der Waals surface area (Å²) in [6, 6.07) is 0. The number of nitrogens with zero attached hydrogens (tertiary/aromatic N) is 5. The fourth-order valence-electron chi connectivity index (χ4n) is 2.33. The Kier molecular flexibility index (Phi) is 3.34. The minimum atomic E-state index is -0.192. The number of halogens is 1. The molecule has 8 heteroatoms. The highest BCUT2D eigenvalue weighted by atomic mass is 79.9. The van der Waals surface area contributed by atoms with Crippen molar-refractivity contribution >= 4 is 21.9 Å². The van der Waals surface area contributed by atoms with Crippen LogP contribution in [0.15, 0.2) is 21.4 Å². The molecule has 1 aliphatic heterocycles. The number of hydrogen-bond acceptors (Lipinski definition) is 7. The summed E-state index contributed by atoms with van der Waals surface area (Å²) in [5, 5.41) is 4.06. The predicted molar refractivity (Wildman–Crippen MR) is 76.9 cm³/mol. The Bertz CT molecular complexity index is 628. The Morgan fingerprint density at radius 3 is 2.81 bits per heavy atom. The van der Waals surface area contributed by atoms with Gasteiger partial charge in [-0.3, -0.25) is 0 Å². The summed E-state index contributed by atoms with van der Waals surface area (Å²) < 4.78 is 11.9. The highest BCUT2D eigenvalue weighted by molar-refractivity contribution is 9.10. The van der Waals surface area contributed by atoms with Gasteiger partial charge in [-0.05, 0) is 28.8 Å². The average Bonchev–Trinajstić information content (AvgIpc) is 3.25. The van der Waals surface area contributed by atoms with Gasteiger partial charge in [0.05, 0.1) is 17.6 Å². The molecule has 0 N–H and O–H groups in total. The van der Waals surface area contributed by atoms with E-state index in [1.807, 2.05) is 0 Å². The van der Waals surface area contributed by atoms with E-state index in [1.54, 1.807) is 12.4 Å². The van der Waals surface area contributed by atoms with Gasteiger partial charge in [-0.1, -0.05) is 5.16 Å². The quantitative estimate of drug-likeness (QED) is 0.837. The topological polar surface area (TPSA) is 77.2 Å². The zero-order valence-electron chi connectivity index (χ0n) is 11.3. The molecule has 1 aliphatic carbocycles. The molecule has 2 aromatic heterocycles. The highest BCUT2D eigenvalue weighted by Crippen LogP contribution is 2.39. The first-order chi connectivity index (χ1) is 10.3. The molecule has 1 saturated carbocycles.